The summed E-state index contributed by atoms with van der Waals surface area (Å²) in [5, 5.41) is 8.88. The van der Waals surface area contributed by atoms with Crippen molar-refractivity contribution < 1.29 is 14.0 Å². The molecule has 0 unspecified atom stereocenters. The monoisotopic (exact) mass is 359 g/mol. The van der Waals surface area contributed by atoms with Gasteiger partial charge in [-0.25, -0.2) is 4.68 Å². The average molecular weight is 360 g/mol. The molecular weight excluding hydrogens is 346 g/mol. The van der Waals surface area contributed by atoms with Gasteiger partial charge in [-0.15, -0.1) is 5.10 Å². The van der Waals surface area contributed by atoms with E-state index in [1.54, 1.807) is 15.6 Å². The molecule has 25 heavy (non-hydrogen) atoms. The van der Waals surface area contributed by atoms with Gasteiger partial charge in [0.05, 0.1) is 17.3 Å². The summed E-state index contributed by atoms with van der Waals surface area (Å²) in [7, 11) is 0. The number of carbonyl (C=O) groups is 2. The Morgan fingerprint density at radius 2 is 2.12 bits per heavy atom. The Bertz CT molecular complexity index is 1000. The summed E-state index contributed by atoms with van der Waals surface area (Å²) in [5.74, 6) is -0.539. The number of aryl methyl sites for hydroxylation is 1. The number of carbonyl (C=O) groups excluding carboxylic acids is 2. The molecule has 0 aliphatic carbocycles. The molecule has 0 bridgehead atoms. The van der Waals surface area contributed by atoms with Gasteiger partial charge in [-0.2, -0.15) is 0 Å². The third-order valence-electron chi connectivity index (χ3n) is 4.40. The standard InChI is InChI=1S/C16H14ClN5O3/c1-8-10-3-2-4-11(17)14(10)25-13(8)16(24)21-5-9(6-21)22-7-12(15(18)23)19-20-22/h2-4,7,9H,5-6H2,1H3,(H2,18,23). The molecule has 1 aromatic carbocycles. The SMILES string of the molecule is Cc1c(C(=O)N2CC(n3cc(C(N)=O)nn3)C2)oc2c(Cl)cccc12. The number of nitrogens with zero attached hydrogens (tertiary/aromatic N) is 4. The van der Waals surface area contributed by atoms with Crippen molar-refractivity contribution in [3.8, 4) is 0 Å². The zero-order valence-electron chi connectivity index (χ0n) is 13.3. The predicted molar refractivity (Wildman–Crippen MR) is 89.4 cm³/mol. The maximum atomic E-state index is 12.7. The quantitative estimate of drug-likeness (QED) is 0.767. The fourth-order valence-corrected chi connectivity index (χ4v) is 3.13. The summed E-state index contributed by atoms with van der Waals surface area (Å²) in [6, 6.07) is 5.37. The summed E-state index contributed by atoms with van der Waals surface area (Å²) in [6.45, 7) is 2.73. The summed E-state index contributed by atoms with van der Waals surface area (Å²) >= 11 is 6.13. The van der Waals surface area contributed by atoms with Crippen molar-refractivity contribution in [2.75, 3.05) is 13.1 Å². The van der Waals surface area contributed by atoms with Crippen LogP contribution in [-0.2, 0) is 0 Å². The lowest BCUT2D eigenvalue weighted by Crippen LogP contribution is -2.51. The number of amides is 2. The van der Waals surface area contributed by atoms with Crippen molar-refractivity contribution in [2.24, 2.45) is 5.73 Å². The number of nitrogens with two attached hydrogens (primary N) is 1. The average Bonchev–Trinajstić information content (AvgIpc) is 3.13. The highest BCUT2D eigenvalue weighted by Crippen LogP contribution is 2.32. The van der Waals surface area contributed by atoms with Gasteiger partial charge < -0.3 is 15.1 Å². The normalized spacial score (nSPS) is 14.7. The van der Waals surface area contributed by atoms with E-state index in [0.29, 0.717) is 23.7 Å². The largest absolute Gasteiger partial charge is 0.449 e. The van der Waals surface area contributed by atoms with E-state index >= 15 is 0 Å². The molecular formula is C16H14ClN5O3. The summed E-state index contributed by atoms with van der Waals surface area (Å²) in [6.07, 6.45) is 1.49. The fourth-order valence-electron chi connectivity index (χ4n) is 2.91. The molecule has 4 rings (SSSR count). The van der Waals surface area contributed by atoms with Crippen molar-refractivity contribution in [2.45, 2.75) is 13.0 Å². The van der Waals surface area contributed by atoms with E-state index in [1.807, 2.05) is 19.1 Å². The zero-order valence-corrected chi connectivity index (χ0v) is 14.0. The van der Waals surface area contributed by atoms with E-state index < -0.39 is 5.91 Å². The van der Waals surface area contributed by atoms with Crippen LogP contribution in [0.15, 0.2) is 28.8 Å². The first-order valence-corrected chi connectivity index (χ1v) is 8.02. The molecule has 8 nitrogen and oxygen atoms in total. The molecule has 1 saturated heterocycles. The van der Waals surface area contributed by atoms with Gasteiger partial charge in [0.1, 0.15) is 0 Å². The number of para-hydroxylation sites is 1. The van der Waals surface area contributed by atoms with Crippen LogP contribution in [0, 0.1) is 6.92 Å². The van der Waals surface area contributed by atoms with Gasteiger partial charge in [-0.1, -0.05) is 28.9 Å². The second-order valence-electron chi connectivity index (χ2n) is 5.98. The Kier molecular flexibility index (Phi) is 3.50. The van der Waals surface area contributed by atoms with Crippen molar-refractivity contribution in [1.82, 2.24) is 19.9 Å². The van der Waals surface area contributed by atoms with E-state index in [9.17, 15) is 9.59 Å². The minimum atomic E-state index is -0.631. The van der Waals surface area contributed by atoms with Crippen LogP contribution < -0.4 is 5.73 Å². The number of hydrogen-bond donors (Lipinski definition) is 1. The predicted octanol–water partition coefficient (Wildman–Crippen LogP) is 1.78. The number of aromatic nitrogens is 3. The van der Waals surface area contributed by atoms with Gasteiger partial charge in [-0.05, 0) is 13.0 Å². The third-order valence-corrected chi connectivity index (χ3v) is 4.69. The van der Waals surface area contributed by atoms with Crippen LogP contribution in [0.3, 0.4) is 0 Å². The Hall–Kier alpha value is -2.87. The number of halogens is 1. The van der Waals surface area contributed by atoms with Crippen LogP contribution in [0.5, 0.6) is 0 Å². The van der Waals surface area contributed by atoms with E-state index in [2.05, 4.69) is 10.3 Å². The third kappa shape index (κ3) is 2.45. The number of benzene rings is 1. The number of primary amides is 1. The maximum Gasteiger partial charge on any atom is 0.290 e. The van der Waals surface area contributed by atoms with E-state index in [4.69, 9.17) is 21.8 Å². The second-order valence-corrected chi connectivity index (χ2v) is 6.39. The second kappa shape index (κ2) is 5.59. The maximum absolute atomic E-state index is 12.7. The molecule has 0 atom stereocenters. The molecule has 1 fully saturated rings. The molecule has 0 radical (unpaired) electrons. The van der Waals surface area contributed by atoms with Crippen LogP contribution in [0.25, 0.3) is 11.0 Å². The molecule has 1 aliphatic heterocycles. The molecule has 0 saturated carbocycles. The number of likely N-dealkylation sites (tertiary alicyclic amines) is 1. The van der Waals surface area contributed by atoms with Crippen molar-refractivity contribution in [1.29, 1.82) is 0 Å². The minimum absolute atomic E-state index is 0.0437. The molecule has 2 amide bonds. The Morgan fingerprint density at radius 3 is 2.76 bits per heavy atom. The van der Waals surface area contributed by atoms with Crippen LogP contribution in [0.1, 0.15) is 32.6 Å². The van der Waals surface area contributed by atoms with Gasteiger partial charge in [0.25, 0.3) is 11.8 Å². The van der Waals surface area contributed by atoms with E-state index in [-0.39, 0.29) is 23.4 Å². The molecule has 3 aromatic rings. The number of hydrogen-bond acceptors (Lipinski definition) is 5. The van der Waals surface area contributed by atoms with Crippen LogP contribution >= 0.6 is 11.6 Å². The molecule has 2 aromatic heterocycles. The smallest absolute Gasteiger partial charge is 0.290 e. The number of furan rings is 1. The topological polar surface area (TPSA) is 107 Å². The van der Waals surface area contributed by atoms with Gasteiger partial charge in [-0.3, -0.25) is 9.59 Å². The van der Waals surface area contributed by atoms with Gasteiger partial charge >= 0.3 is 0 Å². The number of rotatable bonds is 3. The van der Waals surface area contributed by atoms with Crippen molar-refractivity contribution in [3.05, 3.63) is 46.4 Å². The summed E-state index contributed by atoms with van der Waals surface area (Å²) < 4.78 is 7.25. The first-order valence-electron chi connectivity index (χ1n) is 7.64. The van der Waals surface area contributed by atoms with Gasteiger partial charge in [0, 0.05) is 24.0 Å². The van der Waals surface area contributed by atoms with E-state index in [0.717, 1.165) is 10.9 Å². The molecule has 1 aliphatic rings. The first-order chi connectivity index (χ1) is 12.0. The summed E-state index contributed by atoms with van der Waals surface area (Å²) in [5.41, 5.74) is 6.55. The Morgan fingerprint density at radius 1 is 1.36 bits per heavy atom. The molecule has 3 heterocycles. The number of fused-ring (bicyclic) bond motifs is 1. The highest BCUT2D eigenvalue weighted by atomic mass is 35.5. The fraction of sp³-hybridized carbons (Fsp3) is 0.250. The van der Waals surface area contributed by atoms with Crippen LogP contribution in [0.4, 0.5) is 0 Å². The van der Waals surface area contributed by atoms with E-state index in [1.165, 1.54) is 6.20 Å². The molecule has 128 valence electrons. The first kappa shape index (κ1) is 15.6. The Labute approximate surface area is 147 Å². The Balaban J connectivity index is 1.52. The van der Waals surface area contributed by atoms with Gasteiger partial charge in [0.15, 0.2) is 17.0 Å². The highest BCUT2D eigenvalue weighted by molar-refractivity contribution is 6.35. The lowest BCUT2D eigenvalue weighted by Gasteiger charge is -2.38. The van der Waals surface area contributed by atoms with Crippen molar-refractivity contribution >= 4 is 34.4 Å². The molecule has 9 heteroatoms. The minimum Gasteiger partial charge on any atom is -0.449 e. The highest BCUT2D eigenvalue weighted by Gasteiger charge is 2.36. The lowest BCUT2D eigenvalue weighted by molar-refractivity contribution is 0.0468. The zero-order chi connectivity index (χ0) is 17.7. The lowest BCUT2D eigenvalue weighted by atomic mass is 10.1. The van der Waals surface area contributed by atoms with Crippen LogP contribution in [-0.4, -0.2) is 44.8 Å². The van der Waals surface area contributed by atoms with Crippen LogP contribution in [0.2, 0.25) is 5.02 Å². The molecule has 2 N–H and O–H groups in total. The van der Waals surface area contributed by atoms with Crippen molar-refractivity contribution in [3.63, 3.8) is 0 Å². The van der Waals surface area contributed by atoms with Gasteiger partial charge in [0.2, 0.25) is 0 Å². The molecule has 0 spiro atoms. The summed E-state index contributed by atoms with van der Waals surface area (Å²) in [4.78, 5) is 25.4.